The SMILES string of the molecule is CCCNc1cc(Oc2ccc(Br)cc2C)ncn1. The van der Waals surface area contributed by atoms with E-state index in [1.807, 2.05) is 25.1 Å². The topological polar surface area (TPSA) is 47.0 Å². The molecule has 4 nitrogen and oxygen atoms in total. The van der Waals surface area contributed by atoms with Gasteiger partial charge in [-0.15, -0.1) is 0 Å². The van der Waals surface area contributed by atoms with Gasteiger partial charge >= 0.3 is 0 Å². The number of anilines is 1. The highest BCUT2D eigenvalue weighted by molar-refractivity contribution is 9.10. The molecule has 0 saturated heterocycles. The van der Waals surface area contributed by atoms with E-state index in [0.29, 0.717) is 5.88 Å². The first-order valence-corrected chi connectivity index (χ1v) is 6.98. The van der Waals surface area contributed by atoms with E-state index in [2.05, 4.69) is 38.1 Å². The maximum Gasteiger partial charge on any atom is 0.224 e. The van der Waals surface area contributed by atoms with Crippen LogP contribution >= 0.6 is 15.9 Å². The fourth-order valence-electron chi connectivity index (χ4n) is 1.59. The number of nitrogens with zero attached hydrogens (tertiary/aromatic N) is 2. The van der Waals surface area contributed by atoms with Crippen molar-refractivity contribution >= 4 is 21.7 Å². The molecule has 0 spiro atoms. The molecule has 2 aromatic rings. The van der Waals surface area contributed by atoms with Crippen molar-refractivity contribution < 1.29 is 4.74 Å². The van der Waals surface area contributed by atoms with E-state index in [4.69, 9.17) is 4.74 Å². The lowest BCUT2D eigenvalue weighted by atomic mass is 10.2. The Morgan fingerprint density at radius 2 is 2.11 bits per heavy atom. The lowest BCUT2D eigenvalue weighted by Crippen LogP contribution is -2.02. The van der Waals surface area contributed by atoms with E-state index in [1.165, 1.54) is 6.33 Å². The van der Waals surface area contributed by atoms with Crippen molar-refractivity contribution in [1.82, 2.24) is 9.97 Å². The van der Waals surface area contributed by atoms with Gasteiger partial charge in [0.1, 0.15) is 17.9 Å². The second-order valence-electron chi connectivity index (χ2n) is 4.18. The Hall–Kier alpha value is -1.62. The molecule has 0 aliphatic rings. The lowest BCUT2D eigenvalue weighted by Gasteiger charge is -2.09. The Bertz CT molecular complexity index is 560. The number of rotatable bonds is 5. The fourth-order valence-corrected chi connectivity index (χ4v) is 2.06. The van der Waals surface area contributed by atoms with Crippen LogP contribution in [0.3, 0.4) is 0 Å². The van der Waals surface area contributed by atoms with E-state index in [1.54, 1.807) is 6.07 Å². The van der Waals surface area contributed by atoms with Crippen molar-refractivity contribution in [2.24, 2.45) is 0 Å². The minimum atomic E-state index is 0.541. The number of ether oxygens (including phenoxy) is 1. The van der Waals surface area contributed by atoms with Gasteiger partial charge in [0.2, 0.25) is 5.88 Å². The van der Waals surface area contributed by atoms with Crippen molar-refractivity contribution in [1.29, 1.82) is 0 Å². The summed E-state index contributed by atoms with van der Waals surface area (Å²) in [5, 5.41) is 3.21. The van der Waals surface area contributed by atoms with Crippen LogP contribution in [0.15, 0.2) is 35.1 Å². The van der Waals surface area contributed by atoms with Crippen molar-refractivity contribution in [3.05, 3.63) is 40.6 Å². The van der Waals surface area contributed by atoms with Gasteiger partial charge in [-0.3, -0.25) is 0 Å². The molecule has 1 aromatic heterocycles. The highest BCUT2D eigenvalue weighted by Crippen LogP contribution is 2.26. The molecule has 1 N–H and O–H groups in total. The molecule has 5 heteroatoms. The van der Waals surface area contributed by atoms with Crippen molar-refractivity contribution in [2.75, 3.05) is 11.9 Å². The van der Waals surface area contributed by atoms with E-state index in [9.17, 15) is 0 Å². The Balaban J connectivity index is 2.14. The zero-order valence-corrected chi connectivity index (χ0v) is 12.6. The Morgan fingerprint density at radius 3 is 2.84 bits per heavy atom. The largest absolute Gasteiger partial charge is 0.439 e. The first-order chi connectivity index (χ1) is 9.19. The lowest BCUT2D eigenvalue weighted by molar-refractivity contribution is 0.458. The summed E-state index contributed by atoms with van der Waals surface area (Å²) < 4.78 is 6.81. The summed E-state index contributed by atoms with van der Waals surface area (Å²) in [5.41, 5.74) is 1.05. The van der Waals surface area contributed by atoms with Crippen LogP contribution in [0.4, 0.5) is 5.82 Å². The zero-order valence-electron chi connectivity index (χ0n) is 11.0. The van der Waals surface area contributed by atoms with Crippen LogP contribution in [0.2, 0.25) is 0 Å². The van der Waals surface area contributed by atoms with Crippen LogP contribution in [-0.4, -0.2) is 16.5 Å². The summed E-state index contributed by atoms with van der Waals surface area (Å²) in [6.07, 6.45) is 2.55. The maximum atomic E-state index is 5.77. The van der Waals surface area contributed by atoms with Crippen molar-refractivity contribution in [3.8, 4) is 11.6 Å². The smallest absolute Gasteiger partial charge is 0.224 e. The van der Waals surface area contributed by atoms with E-state index < -0.39 is 0 Å². The molecule has 0 unspecified atom stereocenters. The standard InChI is InChI=1S/C14H16BrN3O/c1-3-6-16-13-8-14(18-9-17-13)19-12-5-4-11(15)7-10(12)2/h4-5,7-9H,3,6H2,1-2H3,(H,16,17,18). The Kier molecular flexibility index (Phi) is 4.74. The van der Waals surface area contributed by atoms with E-state index in [0.717, 1.165) is 34.6 Å². The first-order valence-electron chi connectivity index (χ1n) is 6.19. The third-order valence-corrected chi connectivity index (χ3v) is 3.04. The molecule has 0 aliphatic carbocycles. The molecule has 2 rings (SSSR count). The maximum absolute atomic E-state index is 5.77. The number of aromatic nitrogens is 2. The molecule has 0 fully saturated rings. The van der Waals surface area contributed by atoms with Crippen LogP contribution in [-0.2, 0) is 0 Å². The van der Waals surface area contributed by atoms with Gasteiger partial charge in [0.05, 0.1) is 0 Å². The molecule has 0 bridgehead atoms. The molecule has 19 heavy (non-hydrogen) atoms. The minimum Gasteiger partial charge on any atom is -0.439 e. The first kappa shape index (κ1) is 13.8. The Labute approximate surface area is 121 Å². The van der Waals surface area contributed by atoms with Gasteiger partial charge in [0, 0.05) is 17.1 Å². The quantitative estimate of drug-likeness (QED) is 0.898. The second kappa shape index (κ2) is 6.52. The third kappa shape index (κ3) is 3.92. The van der Waals surface area contributed by atoms with E-state index in [-0.39, 0.29) is 0 Å². The zero-order chi connectivity index (χ0) is 13.7. The number of hydrogen-bond donors (Lipinski definition) is 1. The molecule has 100 valence electrons. The summed E-state index contributed by atoms with van der Waals surface area (Å²) in [7, 11) is 0. The second-order valence-corrected chi connectivity index (χ2v) is 5.10. The fraction of sp³-hybridized carbons (Fsp3) is 0.286. The van der Waals surface area contributed by atoms with Gasteiger partial charge in [-0.05, 0) is 37.1 Å². The average molecular weight is 322 g/mol. The average Bonchev–Trinajstić information content (AvgIpc) is 2.40. The van der Waals surface area contributed by atoms with Crippen LogP contribution in [0, 0.1) is 6.92 Å². The molecule has 1 aromatic carbocycles. The van der Waals surface area contributed by atoms with Gasteiger partial charge in [0.25, 0.3) is 0 Å². The number of aryl methyl sites for hydroxylation is 1. The van der Waals surface area contributed by atoms with Gasteiger partial charge in [-0.1, -0.05) is 22.9 Å². The van der Waals surface area contributed by atoms with Gasteiger partial charge in [-0.2, -0.15) is 0 Å². The predicted octanol–water partition coefficient (Wildman–Crippen LogP) is 4.16. The molecular formula is C14H16BrN3O. The van der Waals surface area contributed by atoms with Crippen LogP contribution in [0.5, 0.6) is 11.6 Å². The number of benzene rings is 1. The van der Waals surface area contributed by atoms with Gasteiger partial charge < -0.3 is 10.1 Å². The summed E-state index contributed by atoms with van der Waals surface area (Å²) in [4.78, 5) is 8.27. The third-order valence-electron chi connectivity index (χ3n) is 2.55. The summed E-state index contributed by atoms with van der Waals surface area (Å²) in [6, 6.07) is 7.67. The van der Waals surface area contributed by atoms with Crippen molar-refractivity contribution in [3.63, 3.8) is 0 Å². The van der Waals surface area contributed by atoms with Crippen LogP contribution in [0.1, 0.15) is 18.9 Å². The number of nitrogens with one attached hydrogen (secondary N) is 1. The van der Waals surface area contributed by atoms with E-state index >= 15 is 0 Å². The molecule has 0 atom stereocenters. The van der Waals surface area contributed by atoms with Crippen LogP contribution in [0.25, 0.3) is 0 Å². The highest BCUT2D eigenvalue weighted by atomic mass is 79.9. The minimum absolute atomic E-state index is 0.541. The Morgan fingerprint density at radius 1 is 1.26 bits per heavy atom. The summed E-state index contributed by atoms with van der Waals surface area (Å²) in [5.74, 6) is 2.11. The summed E-state index contributed by atoms with van der Waals surface area (Å²) in [6.45, 7) is 4.99. The van der Waals surface area contributed by atoms with Crippen LogP contribution < -0.4 is 10.1 Å². The summed E-state index contributed by atoms with van der Waals surface area (Å²) >= 11 is 3.43. The molecule has 0 aliphatic heterocycles. The molecule has 0 saturated carbocycles. The monoisotopic (exact) mass is 321 g/mol. The number of hydrogen-bond acceptors (Lipinski definition) is 4. The molecule has 1 heterocycles. The normalized spacial score (nSPS) is 10.3. The molecular weight excluding hydrogens is 306 g/mol. The van der Waals surface area contributed by atoms with Crippen molar-refractivity contribution in [2.45, 2.75) is 20.3 Å². The number of halogens is 1. The van der Waals surface area contributed by atoms with Gasteiger partial charge in [0.15, 0.2) is 0 Å². The predicted molar refractivity (Wildman–Crippen MR) is 79.8 cm³/mol. The molecule has 0 amide bonds. The molecule has 0 radical (unpaired) electrons. The van der Waals surface area contributed by atoms with Gasteiger partial charge in [-0.25, -0.2) is 9.97 Å². The highest BCUT2D eigenvalue weighted by Gasteiger charge is 2.04.